The minimum atomic E-state index is -1.33. The molecule has 0 saturated carbocycles. The van der Waals surface area contributed by atoms with Crippen molar-refractivity contribution >= 4 is 0 Å². The highest BCUT2D eigenvalue weighted by molar-refractivity contribution is 4.85. The van der Waals surface area contributed by atoms with Gasteiger partial charge in [0.2, 0.25) is 0 Å². The molecule has 0 radical (unpaired) electrons. The summed E-state index contributed by atoms with van der Waals surface area (Å²) in [6.45, 7) is 0.993. The van der Waals surface area contributed by atoms with Crippen LogP contribution in [0.2, 0.25) is 0 Å². The van der Waals surface area contributed by atoms with Gasteiger partial charge in [-0.1, -0.05) is 0 Å². The van der Waals surface area contributed by atoms with Crippen molar-refractivity contribution in [2.24, 2.45) is 0 Å². The van der Waals surface area contributed by atoms with Crippen molar-refractivity contribution in [3.8, 4) is 0 Å². The fraction of sp³-hybridized carbons (Fsp3) is 1.00. The van der Waals surface area contributed by atoms with E-state index in [-0.39, 0.29) is 6.61 Å². The number of likely N-dealkylation sites (tertiary alicyclic amines) is 1. The lowest BCUT2D eigenvalue weighted by Gasteiger charge is -2.33. The topological polar surface area (TPSA) is 23.5 Å². The van der Waals surface area contributed by atoms with Gasteiger partial charge >= 0.3 is 0 Å². The number of hydrogen-bond acceptors (Lipinski definition) is 2. The zero-order valence-electron chi connectivity index (χ0n) is 6.31. The Morgan fingerprint density at radius 1 is 1.70 bits per heavy atom. The maximum absolute atomic E-state index is 13.3. The van der Waals surface area contributed by atoms with Gasteiger partial charge in [-0.3, -0.25) is 0 Å². The molecule has 3 heteroatoms. The van der Waals surface area contributed by atoms with E-state index in [0.29, 0.717) is 13.0 Å². The molecule has 1 aliphatic rings. The van der Waals surface area contributed by atoms with Gasteiger partial charge in [-0.05, 0) is 26.4 Å². The molecule has 0 aromatic rings. The Hall–Kier alpha value is -0.150. The normalized spacial score (nSPS) is 36.3. The maximum atomic E-state index is 13.3. The first-order chi connectivity index (χ1) is 4.66. The van der Waals surface area contributed by atoms with Crippen LogP contribution in [0.1, 0.15) is 12.8 Å². The summed E-state index contributed by atoms with van der Waals surface area (Å²) < 4.78 is 13.3. The largest absolute Gasteiger partial charge is 0.393 e. The van der Waals surface area contributed by atoms with Gasteiger partial charge in [-0.2, -0.15) is 0 Å². The van der Waals surface area contributed by atoms with Crippen LogP contribution in [0.3, 0.4) is 0 Å². The zero-order valence-corrected chi connectivity index (χ0v) is 6.31. The molecule has 60 valence electrons. The van der Waals surface area contributed by atoms with E-state index in [1.165, 1.54) is 0 Å². The molecule has 0 bridgehead atoms. The first-order valence-electron chi connectivity index (χ1n) is 3.65. The van der Waals surface area contributed by atoms with Crippen LogP contribution in [0, 0.1) is 0 Å². The van der Waals surface area contributed by atoms with E-state index < -0.39 is 5.67 Å². The molecule has 1 rings (SSSR count). The van der Waals surface area contributed by atoms with Gasteiger partial charge < -0.3 is 10.0 Å². The van der Waals surface area contributed by atoms with Crippen molar-refractivity contribution in [3.05, 3.63) is 0 Å². The van der Waals surface area contributed by atoms with Crippen LogP contribution in [0.5, 0.6) is 0 Å². The summed E-state index contributed by atoms with van der Waals surface area (Å²) in [6.07, 6.45) is 1.36. The number of nitrogens with zero attached hydrogens (tertiary/aromatic N) is 1. The second-order valence-corrected chi connectivity index (χ2v) is 3.15. The molecule has 1 heterocycles. The summed E-state index contributed by atoms with van der Waals surface area (Å²) in [7, 11) is 1.88. The minimum Gasteiger partial charge on any atom is -0.393 e. The Morgan fingerprint density at radius 2 is 2.40 bits per heavy atom. The molecule has 0 aliphatic carbocycles. The molecular formula is C7H14FNO. The average molecular weight is 147 g/mol. The molecule has 0 spiro atoms. The number of piperidine rings is 1. The maximum Gasteiger partial charge on any atom is 0.146 e. The fourth-order valence-corrected chi connectivity index (χ4v) is 1.44. The minimum absolute atomic E-state index is 0.336. The van der Waals surface area contributed by atoms with Gasteiger partial charge in [0, 0.05) is 6.54 Å². The van der Waals surface area contributed by atoms with E-state index in [1.807, 2.05) is 11.9 Å². The SMILES string of the molecule is CN1CCC[C@@](F)(CO)C1. The Bertz CT molecular complexity index is 120. The fourth-order valence-electron chi connectivity index (χ4n) is 1.44. The highest BCUT2D eigenvalue weighted by Gasteiger charge is 2.33. The van der Waals surface area contributed by atoms with E-state index in [4.69, 9.17) is 5.11 Å². The van der Waals surface area contributed by atoms with Gasteiger partial charge in [-0.15, -0.1) is 0 Å². The third-order valence-corrected chi connectivity index (χ3v) is 2.00. The number of hydrogen-bond donors (Lipinski definition) is 1. The second-order valence-electron chi connectivity index (χ2n) is 3.15. The molecule has 0 aromatic carbocycles. The zero-order chi connectivity index (χ0) is 7.61. The molecular weight excluding hydrogens is 133 g/mol. The van der Waals surface area contributed by atoms with E-state index in [9.17, 15) is 4.39 Å². The van der Waals surface area contributed by atoms with Gasteiger partial charge in [0.25, 0.3) is 0 Å². The first kappa shape index (κ1) is 7.95. The molecule has 1 fully saturated rings. The van der Waals surface area contributed by atoms with Crippen molar-refractivity contribution in [3.63, 3.8) is 0 Å². The summed E-state index contributed by atoms with van der Waals surface area (Å²) in [5.41, 5.74) is -1.33. The van der Waals surface area contributed by atoms with Gasteiger partial charge in [0.15, 0.2) is 0 Å². The highest BCUT2D eigenvalue weighted by atomic mass is 19.1. The summed E-state index contributed by atoms with van der Waals surface area (Å²) in [5.74, 6) is 0. The number of halogens is 1. The van der Waals surface area contributed by atoms with Crippen molar-refractivity contribution in [2.45, 2.75) is 18.5 Å². The third-order valence-electron chi connectivity index (χ3n) is 2.00. The van der Waals surface area contributed by atoms with Crippen LogP contribution in [-0.4, -0.2) is 42.4 Å². The summed E-state index contributed by atoms with van der Waals surface area (Å²) in [6, 6.07) is 0. The third kappa shape index (κ3) is 1.67. The Kier molecular flexibility index (Phi) is 2.26. The number of aliphatic hydroxyl groups is 1. The molecule has 0 aromatic heterocycles. The molecule has 1 aliphatic heterocycles. The summed E-state index contributed by atoms with van der Waals surface area (Å²) in [5, 5.41) is 8.67. The number of alkyl halides is 1. The molecule has 1 N–H and O–H groups in total. The number of rotatable bonds is 1. The van der Waals surface area contributed by atoms with Crippen LogP contribution in [0.15, 0.2) is 0 Å². The van der Waals surface area contributed by atoms with E-state index in [0.717, 1.165) is 13.0 Å². The standard InChI is InChI=1S/C7H14FNO/c1-9-4-2-3-7(8,5-9)6-10/h10H,2-6H2,1H3/t7-/m0/s1. The van der Waals surface area contributed by atoms with Crippen LogP contribution in [-0.2, 0) is 0 Å². The van der Waals surface area contributed by atoms with Crippen molar-refractivity contribution < 1.29 is 9.50 Å². The highest BCUT2D eigenvalue weighted by Crippen LogP contribution is 2.23. The monoisotopic (exact) mass is 147 g/mol. The average Bonchev–Trinajstić information content (AvgIpc) is 1.88. The van der Waals surface area contributed by atoms with E-state index in [2.05, 4.69) is 0 Å². The van der Waals surface area contributed by atoms with Gasteiger partial charge in [0.1, 0.15) is 5.67 Å². The Labute approximate surface area is 60.6 Å². The molecule has 1 atom stereocenters. The molecule has 2 nitrogen and oxygen atoms in total. The second kappa shape index (κ2) is 2.84. The predicted octanol–water partition coefficient (Wildman–Crippen LogP) is 0.413. The van der Waals surface area contributed by atoms with E-state index >= 15 is 0 Å². The lowest BCUT2D eigenvalue weighted by molar-refractivity contribution is 0.00755. The lowest BCUT2D eigenvalue weighted by Crippen LogP contribution is -2.45. The smallest absolute Gasteiger partial charge is 0.146 e. The van der Waals surface area contributed by atoms with Gasteiger partial charge in [0.05, 0.1) is 6.61 Å². The van der Waals surface area contributed by atoms with Crippen LogP contribution in [0.25, 0.3) is 0 Å². The van der Waals surface area contributed by atoms with Crippen molar-refractivity contribution in [1.82, 2.24) is 4.90 Å². The van der Waals surface area contributed by atoms with Crippen LogP contribution >= 0.6 is 0 Å². The summed E-state index contributed by atoms with van der Waals surface area (Å²) in [4.78, 5) is 1.92. The van der Waals surface area contributed by atoms with Crippen molar-refractivity contribution in [2.75, 3.05) is 26.7 Å². The lowest BCUT2D eigenvalue weighted by atomic mass is 9.96. The molecule has 0 amide bonds. The Balaban J connectivity index is 2.45. The molecule has 10 heavy (non-hydrogen) atoms. The quantitative estimate of drug-likeness (QED) is 0.580. The van der Waals surface area contributed by atoms with Crippen LogP contribution in [0.4, 0.5) is 4.39 Å². The molecule has 1 saturated heterocycles. The Morgan fingerprint density at radius 3 is 2.80 bits per heavy atom. The van der Waals surface area contributed by atoms with Gasteiger partial charge in [-0.25, -0.2) is 4.39 Å². The van der Waals surface area contributed by atoms with Crippen molar-refractivity contribution in [1.29, 1.82) is 0 Å². The summed E-state index contributed by atoms with van der Waals surface area (Å²) >= 11 is 0. The first-order valence-corrected chi connectivity index (χ1v) is 3.65. The van der Waals surface area contributed by atoms with E-state index in [1.54, 1.807) is 0 Å². The predicted molar refractivity (Wildman–Crippen MR) is 37.7 cm³/mol. The number of aliphatic hydroxyl groups excluding tert-OH is 1. The van der Waals surface area contributed by atoms with Crippen LogP contribution < -0.4 is 0 Å². The molecule has 0 unspecified atom stereocenters.